The largest absolute Gasteiger partial charge is 0.378 e. The number of benzene rings is 2. The summed E-state index contributed by atoms with van der Waals surface area (Å²) in [7, 11) is 0. The van der Waals surface area contributed by atoms with Crippen LogP contribution < -0.4 is 10.9 Å². The van der Waals surface area contributed by atoms with E-state index in [4.69, 9.17) is 23.2 Å². The van der Waals surface area contributed by atoms with E-state index < -0.39 is 0 Å². The SMILES string of the molecule is O=c1[nH]c(CNc2ccc(Cl)c(Cl)c2)nc2ccccc12. The summed E-state index contributed by atoms with van der Waals surface area (Å²) in [5.41, 5.74) is 1.33. The molecule has 0 unspecified atom stereocenters. The predicted molar refractivity (Wildman–Crippen MR) is 86.2 cm³/mol. The van der Waals surface area contributed by atoms with Crippen molar-refractivity contribution in [1.82, 2.24) is 9.97 Å². The Labute approximate surface area is 130 Å². The van der Waals surface area contributed by atoms with Gasteiger partial charge in [0.05, 0.1) is 27.5 Å². The molecule has 1 heterocycles. The molecule has 3 rings (SSSR count). The van der Waals surface area contributed by atoms with Crippen molar-refractivity contribution in [3.8, 4) is 0 Å². The van der Waals surface area contributed by atoms with Gasteiger partial charge in [-0.05, 0) is 30.3 Å². The van der Waals surface area contributed by atoms with Gasteiger partial charge in [0.15, 0.2) is 0 Å². The number of nitrogens with one attached hydrogen (secondary N) is 2. The number of rotatable bonds is 3. The van der Waals surface area contributed by atoms with E-state index in [2.05, 4.69) is 15.3 Å². The molecule has 6 heteroatoms. The zero-order valence-corrected chi connectivity index (χ0v) is 12.4. The van der Waals surface area contributed by atoms with Gasteiger partial charge >= 0.3 is 0 Å². The number of nitrogens with zero attached hydrogens (tertiary/aromatic N) is 1. The Kier molecular flexibility index (Phi) is 3.82. The Hall–Kier alpha value is -2.04. The minimum absolute atomic E-state index is 0.147. The van der Waals surface area contributed by atoms with Gasteiger partial charge in [-0.25, -0.2) is 4.98 Å². The zero-order chi connectivity index (χ0) is 14.8. The second-order valence-electron chi connectivity index (χ2n) is 4.51. The van der Waals surface area contributed by atoms with Crippen LogP contribution in [0.1, 0.15) is 5.82 Å². The van der Waals surface area contributed by atoms with E-state index in [0.717, 1.165) is 5.69 Å². The van der Waals surface area contributed by atoms with Crippen molar-refractivity contribution in [2.24, 2.45) is 0 Å². The quantitative estimate of drug-likeness (QED) is 0.771. The van der Waals surface area contributed by atoms with Gasteiger partial charge in [0, 0.05) is 5.69 Å². The van der Waals surface area contributed by atoms with Gasteiger partial charge in [-0.15, -0.1) is 0 Å². The second kappa shape index (κ2) is 5.76. The van der Waals surface area contributed by atoms with Gasteiger partial charge < -0.3 is 10.3 Å². The highest BCUT2D eigenvalue weighted by molar-refractivity contribution is 6.42. The molecular weight excluding hydrogens is 309 g/mol. The van der Waals surface area contributed by atoms with Crippen molar-refractivity contribution in [3.05, 3.63) is 68.7 Å². The van der Waals surface area contributed by atoms with Gasteiger partial charge in [0.1, 0.15) is 5.82 Å². The molecule has 0 amide bonds. The third kappa shape index (κ3) is 3.01. The fourth-order valence-electron chi connectivity index (χ4n) is 2.01. The third-order valence-corrected chi connectivity index (χ3v) is 3.78. The number of halogens is 2. The highest BCUT2D eigenvalue weighted by Gasteiger charge is 2.04. The molecule has 4 nitrogen and oxygen atoms in total. The van der Waals surface area contributed by atoms with Crippen molar-refractivity contribution in [3.63, 3.8) is 0 Å². The first-order valence-corrected chi connectivity index (χ1v) is 7.06. The molecule has 106 valence electrons. The summed E-state index contributed by atoms with van der Waals surface area (Å²) >= 11 is 11.8. The first-order valence-electron chi connectivity index (χ1n) is 6.30. The molecule has 3 aromatic rings. The molecule has 0 aliphatic rings. The highest BCUT2D eigenvalue weighted by Crippen LogP contribution is 2.25. The Morgan fingerprint density at radius 1 is 1.10 bits per heavy atom. The van der Waals surface area contributed by atoms with Gasteiger partial charge in [-0.3, -0.25) is 4.79 Å². The van der Waals surface area contributed by atoms with Crippen molar-refractivity contribution in [2.75, 3.05) is 5.32 Å². The molecule has 0 bridgehead atoms. The maximum Gasteiger partial charge on any atom is 0.258 e. The summed E-state index contributed by atoms with van der Waals surface area (Å²) < 4.78 is 0. The lowest BCUT2D eigenvalue weighted by atomic mass is 10.2. The summed E-state index contributed by atoms with van der Waals surface area (Å²) in [6, 6.07) is 12.5. The Morgan fingerprint density at radius 2 is 1.90 bits per heavy atom. The minimum Gasteiger partial charge on any atom is -0.378 e. The van der Waals surface area contributed by atoms with Crippen molar-refractivity contribution in [1.29, 1.82) is 0 Å². The average Bonchev–Trinajstić information content (AvgIpc) is 2.49. The molecule has 0 atom stereocenters. The van der Waals surface area contributed by atoms with E-state index in [1.807, 2.05) is 24.3 Å². The number of anilines is 1. The van der Waals surface area contributed by atoms with Crippen molar-refractivity contribution in [2.45, 2.75) is 6.54 Å². The van der Waals surface area contributed by atoms with Crippen LogP contribution >= 0.6 is 23.2 Å². The molecule has 0 fully saturated rings. The number of para-hydroxylation sites is 1. The van der Waals surface area contributed by atoms with Gasteiger partial charge in [-0.2, -0.15) is 0 Å². The monoisotopic (exact) mass is 319 g/mol. The first kappa shape index (κ1) is 13.9. The second-order valence-corrected chi connectivity index (χ2v) is 5.33. The molecule has 21 heavy (non-hydrogen) atoms. The van der Waals surface area contributed by atoms with Crippen LogP contribution in [0.4, 0.5) is 5.69 Å². The van der Waals surface area contributed by atoms with Crippen LogP contribution in [0.15, 0.2) is 47.3 Å². The van der Waals surface area contributed by atoms with E-state index in [1.165, 1.54) is 0 Å². The number of fused-ring (bicyclic) bond motifs is 1. The average molecular weight is 320 g/mol. The molecule has 1 aromatic heterocycles. The van der Waals surface area contributed by atoms with E-state index >= 15 is 0 Å². The van der Waals surface area contributed by atoms with Crippen LogP contribution in [0.25, 0.3) is 10.9 Å². The lowest BCUT2D eigenvalue weighted by molar-refractivity contribution is 0.953. The van der Waals surface area contributed by atoms with Crippen LogP contribution in [0.2, 0.25) is 10.0 Å². The van der Waals surface area contributed by atoms with Gasteiger partial charge in [0.25, 0.3) is 5.56 Å². The molecule has 0 radical (unpaired) electrons. The number of hydrogen-bond acceptors (Lipinski definition) is 3. The molecule has 0 aliphatic carbocycles. The van der Waals surface area contributed by atoms with Crippen LogP contribution in [0.3, 0.4) is 0 Å². The van der Waals surface area contributed by atoms with Gasteiger partial charge in [0.2, 0.25) is 0 Å². The summed E-state index contributed by atoms with van der Waals surface area (Å²) in [5.74, 6) is 0.560. The summed E-state index contributed by atoms with van der Waals surface area (Å²) in [4.78, 5) is 19.1. The maximum absolute atomic E-state index is 11.9. The molecule has 0 aliphatic heterocycles. The smallest absolute Gasteiger partial charge is 0.258 e. The number of aromatic amines is 1. The fraction of sp³-hybridized carbons (Fsp3) is 0.0667. The van der Waals surface area contributed by atoms with E-state index in [0.29, 0.717) is 33.3 Å². The number of hydrogen-bond donors (Lipinski definition) is 2. The normalized spacial score (nSPS) is 10.8. The molecule has 0 saturated carbocycles. The van der Waals surface area contributed by atoms with Crippen LogP contribution in [-0.4, -0.2) is 9.97 Å². The van der Waals surface area contributed by atoms with E-state index in [1.54, 1.807) is 18.2 Å². The summed E-state index contributed by atoms with van der Waals surface area (Å²) in [6.45, 7) is 0.387. The molecular formula is C15H11Cl2N3O. The third-order valence-electron chi connectivity index (χ3n) is 3.04. The maximum atomic E-state index is 11.9. The fourth-order valence-corrected chi connectivity index (χ4v) is 2.31. The van der Waals surface area contributed by atoms with E-state index in [-0.39, 0.29) is 5.56 Å². The highest BCUT2D eigenvalue weighted by atomic mass is 35.5. The van der Waals surface area contributed by atoms with Crippen molar-refractivity contribution >= 4 is 39.8 Å². The lowest BCUT2D eigenvalue weighted by Crippen LogP contribution is -2.14. The van der Waals surface area contributed by atoms with Gasteiger partial charge in [-0.1, -0.05) is 35.3 Å². The molecule has 0 spiro atoms. The zero-order valence-electron chi connectivity index (χ0n) is 10.9. The predicted octanol–water partition coefficient (Wildman–Crippen LogP) is 3.84. The topological polar surface area (TPSA) is 57.8 Å². The number of H-pyrrole nitrogens is 1. The Morgan fingerprint density at radius 3 is 2.71 bits per heavy atom. The van der Waals surface area contributed by atoms with Crippen LogP contribution in [0.5, 0.6) is 0 Å². The van der Waals surface area contributed by atoms with Crippen molar-refractivity contribution < 1.29 is 0 Å². The molecule has 2 N–H and O–H groups in total. The molecule has 2 aromatic carbocycles. The molecule has 0 saturated heterocycles. The summed E-state index contributed by atoms with van der Waals surface area (Å²) in [5, 5.41) is 4.70. The first-order chi connectivity index (χ1) is 10.1. The summed E-state index contributed by atoms with van der Waals surface area (Å²) in [6.07, 6.45) is 0. The van der Waals surface area contributed by atoms with Crippen LogP contribution in [-0.2, 0) is 6.54 Å². The number of aromatic nitrogens is 2. The Balaban J connectivity index is 1.85. The van der Waals surface area contributed by atoms with E-state index in [9.17, 15) is 4.79 Å². The standard InChI is InChI=1S/C15H11Cl2N3O/c16-11-6-5-9(7-12(11)17)18-8-14-19-13-4-2-1-3-10(13)15(21)20-14/h1-7,18H,8H2,(H,19,20,21). The Bertz CT molecular complexity index is 861. The lowest BCUT2D eigenvalue weighted by Gasteiger charge is -2.07. The van der Waals surface area contributed by atoms with Crippen LogP contribution in [0, 0.1) is 0 Å². The minimum atomic E-state index is -0.147.